The van der Waals surface area contributed by atoms with Gasteiger partial charge in [0.1, 0.15) is 11.6 Å². The first-order valence-corrected chi connectivity index (χ1v) is 9.73. The van der Waals surface area contributed by atoms with Gasteiger partial charge in [-0.25, -0.2) is 4.39 Å². The van der Waals surface area contributed by atoms with Crippen LogP contribution in [0.15, 0.2) is 52.7 Å². The fraction of sp³-hybridized carbons (Fsp3) is 0.304. The topological polar surface area (TPSA) is 110 Å². The van der Waals surface area contributed by atoms with Crippen molar-refractivity contribution < 1.29 is 9.13 Å². The van der Waals surface area contributed by atoms with E-state index in [1.165, 1.54) is 12.1 Å². The Labute approximate surface area is 177 Å². The summed E-state index contributed by atoms with van der Waals surface area (Å²) in [5, 5.41) is 11.2. The molecule has 6 nitrogen and oxygen atoms in total. The maximum Gasteiger partial charge on any atom is 0.130 e. The number of allylic oxidation sites excluding steroid dienone is 1. The van der Waals surface area contributed by atoms with Gasteiger partial charge in [-0.3, -0.25) is 4.99 Å². The first-order chi connectivity index (χ1) is 14.3. The van der Waals surface area contributed by atoms with Crippen LogP contribution in [0, 0.1) is 11.2 Å². The third-order valence-corrected chi connectivity index (χ3v) is 4.93. The van der Waals surface area contributed by atoms with Gasteiger partial charge in [0.05, 0.1) is 12.3 Å². The molecule has 0 unspecified atom stereocenters. The minimum atomic E-state index is -0.382. The first kappa shape index (κ1) is 23.1. The number of ether oxygens (including phenoxy) is 1. The highest BCUT2D eigenvalue weighted by Gasteiger charge is 2.13. The van der Waals surface area contributed by atoms with Crippen LogP contribution in [0.3, 0.4) is 0 Å². The van der Waals surface area contributed by atoms with Crippen LogP contribution in [0.1, 0.15) is 25.8 Å². The van der Waals surface area contributed by atoms with Gasteiger partial charge >= 0.3 is 0 Å². The van der Waals surface area contributed by atoms with Gasteiger partial charge in [-0.2, -0.15) is 0 Å². The molecule has 0 aliphatic carbocycles. The van der Waals surface area contributed by atoms with Gasteiger partial charge in [-0.15, -0.1) is 0 Å². The minimum Gasteiger partial charge on any atom is -0.492 e. The Bertz CT molecular complexity index is 978. The Kier molecular flexibility index (Phi) is 8.12. The van der Waals surface area contributed by atoms with Crippen LogP contribution in [0.2, 0.25) is 0 Å². The largest absolute Gasteiger partial charge is 0.492 e. The number of anilines is 1. The molecule has 0 bridgehead atoms. The zero-order valence-electron chi connectivity index (χ0n) is 18.0. The zero-order valence-corrected chi connectivity index (χ0v) is 18.0. The molecule has 30 heavy (non-hydrogen) atoms. The smallest absolute Gasteiger partial charge is 0.130 e. The van der Waals surface area contributed by atoms with Crippen LogP contribution in [-0.2, 0) is 0 Å². The SMILES string of the molecule is CN=C(C)/C(CCOc1cc(F)ccc1-c1ccc(NC)c(C(=N)CN)c1)=C(/C)N. The molecule has 2 rings (SSSR count). The van der Waals surface area contributed by atoms with Crippen molar-refractivity contribution >= 4 is 17.1 Å². The predicted octanol–water partition coefficient (Wildman–Crippen LogP) is 3.95. The third kappa shape index (κ3) is 5.45. The van der Waals surface area contributed by atoms with Crippen molar-refractivity contribution in [3.8, 4) is 16.9 Å². The molecule has 0 atom stereocenters. The minimum absolute atomic E-state index is 0.122. The molecule has 0 aromatic heterocycles. The van der Waals surface area contributed by atoms with Gasteiger partial charge in [0.2, 0.25) is 0 Å². The van der Waals surface area contributed by atoms with E-state index in [0.717, 1.165) is 28.1 Å². The third-order valence-electron chi connectivity index (χ3n) is 4.93. The van der Waals surface area contributed by atoms with Crippen LogP contribution < -0.4 is 21.5 Å². The van der Waals surface area contributed by atoms with Gasteiger partial charge in [-0.1, -0.05) is 6.07 Å². The molecule has 0 aliphatic heterocycles. The quantitative estimate of drug-likeness (QED) is 0.468. The molecule has 0 aliphatic rings. The van der Waals surface area contributed by atoms with Crippen LogP contribution in [-0.4, -0.2) is 38.7 Å². The summed E-state index contributed by atoms with van der Waals surface area (Å²) in [5.41, 5.74) is 17.5. The zero-order chi connectivity index (χ0) is 22.3. The number of hydrogen-bond acceptors (Lipinski definition) is 6. The second kappa shape index (κ2) is 10.5. The maximum absolute atomic E-state index is 14.0. The number of nitrogens with two attached hydrogens (primary N) is 2. The summed E-state index contributed by atoms with van der Waals surface area (Å²) in [7, 11) is 3.51. The van der Waals surface area contributed by atoms with E-state index in [9.17, 15) is 4.39 Å². The van der Waals surface area contributed by atoms with Crippen molar-refractivity contribution in [2.75, 3.05) is 32.6 Å². The van der Waals surface area contributed by atoms with E-state index in [1.54, 1.807) is 20.2 Å². The molecular weight excluding hydrogens is 381 g/mol. The average Bonchev–Trinajstić information content (AvgIpc) is 2.75. The summed E-state index contributed by atoms with van der Waals surface area (Å²) < 4.78 is 19.9. The molecule has 0 fully saturated rings. The highest BCUT2D eigenvalue weighted by molar-refractivity contribution is 6.05. The van der Waals surface area contributed by atoms with Crippen LogP contribution >= 0.6 is 0 Å². The van der Waals surface area contributed by atoms with E-state index in [0.29, 0.717) is 35.7 Å². The first-order valence-electron chi connectivity index (χ1n) is 9.73. The average molecular weight is 412 g/mol. The van der Waals surface area contributed by atoms with Crippen molar-refractivity contribution in [2.24, 2.45) is 16.5 Å². The number of nitrogens with zero attached hydrogens (tertiary/aromatic N) is 1. The predicted molar refractivity (Wildman–Crippen MR) is 123 cm³/mol. The Hall–Kier alpha value is -3.19. The molecule has 2 aromatic carbocycles. The van der Waals surface area contributed by atoms with Crippen LogP contribution in [0.25, 0.3) is 11.1 Å². The number of aliphatic imine (C=N–C) groups is 1. The van der Waals surface area contributed by atoms with Crippen LogP contribution in [0.4, 0.5) is 10.1 Å². The molecule has 0 radical (unpaired) electrons. The summed E-state index contributed by atoms with van der Waals surface area (Å²) in [6, 6.07) is 10.1. The van der Waals surface area contributed by atoms with E-state index in [2.05, 4.69) is 10.3 Å². The number of hydrogen-bond donors (Lipinski definition) is 4. The monoisotopic (exact) mass is 411 g/mol. The maximum atomic E-state index is 14.0. The fourth-order valence-electron chi connectivity index (χ4n) is 3.20. The lowest BCUT2D eigenvalue weighted by atomic mass is 9.98. The highest BCUT2D eigenvalue weighted by Crippen LogP contribution is 2.33. The molecule has 6 N–H and O–H groups in total. The summed E-state index contributed by atoms with van der Waals surface area (Å²) >= 11 is 0. The van der Waals surface area contributed by atoms with Gasteiger partial charge in [0.25, 0.3) is 0 Å². The number of halogens is 1. The normalized spacial score (nSPS) is 12.4. The summed E-state index contributed by atoms with van der Waals surface area (Å²) in [6.45, 7) is 4.18. The van der Waals surface area contributed by atoms with Crippen molar-refractivity contribution in [3.05, 3.63) is 59.0 Å². The van der Waals surface area contributed by atoms with Crippen molar-refractivity contribution in [3.63, 3.8) is 0 Å². The molecule has 0 heterocycles. The highest BCUT2D eigenvalue weighted by atomic mass is 19.1. The lowest BCUT2D eigenvalue weighted by Gasteiger charge is -2.16. The number of nitrogens with one attached hydrogen (secondary N) is 2. The summed E-state index contributed by atoms with van der Waals surface area (Å²) in [4.78, 5) is 4.19. The number of benzene rings is 2. The van der Waals surface area contributed by atoms with E-state index >= 15 is 0 Å². The molecule has 2 aromatic rings. The molecule has 0 amide bonds. The Morgan fingerprint density at radius 2 is 1.93 bits per heavy atom. The fourth-order valence-corrected chi connectivity index (χ4v) is 3.20. The van der Waals surface area contributed by atoms with Crippen molar-refractivity contribution in [2.45, 2.75) is 20.3 Å². The molecule has 0 spiro atoms. The van der Waals surface area contributed by atoms with Gasteiger partial charge < -0.3 is 26.9 Å². The molecule has 7 heteroatoms. The van der Waals surface area contributed by atoms with Crippen molar-refractivity contribution in [1.29, 1.82) is 5.41 Å². The lowest BCUT2D eigenvalue weighted by molar-refractivity contribution is 0.322. The van der Waals surface area contributed by atoms with E-state index in [4.69, 9.17) is 21.6 Å². The van der Waals surface area contributed by atoms with Gasteiger partial charge in [0.15, 0.2) is 0 Å². The molecule has 0 saturated carbocycles. The molecule has 0 saturated heterocycles. The Morgan fingerprint density at radius 1 is 1.20 bits per heavy atom. The van der Waals surface area contributed by atoms with Crippen LogP contribution in [0.5, 0.6) is 5.75 Å². The standard InChI is InChI=1S/C23H30FN5O/c1-14(26)18(15(2)28-3)9-10-30-23-12-17(24)6-7-19(23)16-5-8-22(29-4)20(11-16)21(27)13-25/h5-8,11-12,27,29H,9-10,13,25-26H2,1-4H3/b18-14-,27-21?,28-15?. The van der Waals surface area contributed by atoms with E-state index in [-0.39, 0.29) is 12.4 Å². The second-order valence-electron chi connectivity index (χ2n) is 6.90. The van der Waals surface area contributed by atoms with E-state index in [1.807, 2.05) is 32.0 Å². The van der Waals surface area contributed by atoms with Gasteiger partial charge in [0, 0.05) is 61.4 Å². The summed E-state index contributed by atoms with van der Waals surface area (Å²) in [6.07, 6.45) is 0.559. The molecule has 160 valence electrons. The van der Waals surface area contributed by atoms with Gasteiger partial charge in [-0.05, 0) is 49.2 Å². The number of rotatable bonds is 9. The second-order valence-corrected chi connectivity index (χ2v) is 6.90. The Balaban J connectivity index is 2.36. The lowest BCUT2D eigenvalue weighted by Crippen LogP contribution is -2.15. The molecular formula is C23H30FN5O. The summed E-state index contributed by atoms with van der Waals surface area (Å²) in [5.74, 6) is 0.0464. The Morgan fingerprint density at radius 3 is 2.53 bits per heavy atom. The van der Waals surface area contributed by atoms with E-state index < -0.39 is 0 Å². The van der Waals surface area contributed by atoms with Crippen molar-refractivity contribution in [1.82, 2.24) is 0 Å².